The van der Waals surface area contributed by atoms with Gasteiger partial charge in [0.15, 0.2) is 0 Å². The molecule has 0 heterocycles. The molecule has 0 aliphatic carbocycles. The van der Waals surface area contributed by atoms with E-state index < -0.39 is 0 Å². The van der Waals surface area contributed by atoms with Gasteiger partial charge < -0.3 is 10.6 Å². The van der Waals surface area contributed by atoms with Crippen LogP contribution in [0.15, 0.2) is 24.3 Å². The van der Waals surface area contributed by atoms with E-state index in [4.69, 9.17) is 0 Å². The molecule has 4 heteroatoms. The van der Waals surface area contributed by atoms with Gasteiger partial charge in [-0.2, -0.15) is 0 Å². The van der Waals surface area contributed by atoms with Gasteiger partial charge >= 0.3 is 0 Å². The Hall–Kier alpha value is -1.84. The first-order chi connectivity index (χ1) is 8.58. The predicted octanol–water partition coefficient (Wildman–Crippen LogP) is 1.18. The topological polar surface area (TPSA) is 58.2 Å². The number of aryl methyl sites for hydroxylation is 1. The lowest BCUT2D eigenvalue weighted by atomic mass is 10.1. The highest BCUT2D eigenvalue weighted by atomic mass is 16.2. The maximum Gasteiger partial charge on any atom is 0.224 e. The van der Waals surface area contributed by atoms with Crippen molar-refractivity contribution in [2.24, 2.45) is 0 Å². The SMILES string of the molecule is CC(=O)NCCCNC(=O)Cc1ccc(C)cc1. The van der Waals surface area contributed by atoms with E-state index in [2.05, 4.69) is 10.6 Å². The summed E-state index contributed by atoms with van der Waals surface area (Å²) in [6.45, 7) is 4.69. The van der Waals surface area contributed by atoms with Crippen LogP contribution in [-0.2, 0) is 16.0 Å². The van der Waals surface area contributed by atoms with E-state index in [-0.39, 0.29) is 11.8 Å². The molecule has 0 aromatic heterocycles. The summed E-state index contributed by atoms with van der Waals surface area (Å²) in [6.07, 6.45) is 1.15. The zero-order chi connectivity index (χ0) is 13.4. The molecule has 0 saturated carbocycles. The number of nitrogens with one attached hydrogen (secondary N) is 2. The Morgan fingerprint density at radius 2 is 1.67 bits per heavy atom. The van der Waals surface area contributed by atoms with Crippen LogP contribution in [0.3, 0.4) is 0 Å². The number of carbonyl (C=O) groups is 2. The van der Waals surface area contributed by atoms with Gasteiger partial charge in [0, 0.05) is 20.0 Å². The quantitative estimate of drug-likeness (QED) is 0.743. The molecule has 0 fully saturated rings. The first-order valence-corrected chi connectivity index (χ1v) is 6.14. The molecule has 0 aliphatic heterocycles. The molecule has 0 spiro atoms. The van der Waals surface area contributed by atoms with Gasteiger partial charge in [-0.25, -0.2) is 0 Å². The molecule has 0 aliphatic rings. The highest BCUT2D eigenvalue weighted by Gasteiger charge is 2.02. The lowest BCUT2D eigenvalue weighted by molar-refractivity contribution is -0.120. The van der Waals surface area contributed by atoms with Gasteiger partial charge in [-0.05, 0) is 18.9 Å². The van der Waals surface area contributed by atoms with Crippen LogP contribution < -0.4 is 10.6 Å². The second-order valence-corrected chi connectivity index (χ2v) is 4.35. The molecule has 98 valence electrons. The van der Waals surface area contributed by atoms with E-state index in [0.717, 1.165) is 12.0 Å². The van der Waals surface area contributed by atoms with Gasteiger partial charge in [0.2, 0.25) is 11.8 Å². The molecule has 1 aromatic rings. The molecule has 1 rings (SSSR count). The van der Waals surface area contributed by atoms with Gasteiger partial charge in [-0.3, -0.25) is 9.59 Å². The highest BCUT2D eigenvalue weighted by molar-refractivity contribution is 5.78. The van der Waals surface area contributed by atoms with Crippen molar-refractivity contribution in [2.75, 3.05) is 13.1 Å². The third-order valence-corrected chi connectivity index (χ3v) is 2.53. The molecule has 2 amide bonds. The smallest absolute Gasteiger partial charge is 0.224 e. The maximum atomic E-state index is 11.6. The average Bonchev–Trinajstić information content (AvgIpc) is 2.31. The fraction of sp³-hybridized carbons (Fsp3) is 0.429. The van der Waals surface area contributed by atoms with Crippen LogP contribution in [0.25, 0.3) is 0 Å². The average molecular weight is 248 g/mol. The summed E-state index contributed by atoms with van der Waals surface area (Å²) < 4.78 is 0. The van der Waals surface area contributed by atoms with Crippen molar-refractivity contribution in [1.82, 2.24) is 10.6 Å². The number of amides is 2. The standard InChI is InChI=1S/C14H20N2O2/c1-11-4-6-13(7-5-11)10-14(18)16-9-3-8-15-12(2)17/h4-7H,3,8-10H2,1-2H3,(H,15,17)(H,16,18). The highest BCUT2D eigenvalue weighted by Crippen LogP contribution is 2.03. The second kappa shape index (κ2) is 7.48. The summed E-state index contributed by atoms with van der Waals surface area (Å²) in [5, 5.41) is 5.51. The van der Waals surface area contributed by atoms with Crippen LogP contribution in [0, 0.1) is 6.92 Å². The number of benzene rings is 1. The van der Waals surface area contributed by atoms with Crippen LogP contribution in [0.2, 0.25) is 0 Å². The Kier molecular flexibility index (Phi) is 5.91. The third-order valence-electron chi connectivity index (χ3n) is 2.53. The number of rotatable bonds is 6. The number of hydrogen-bond donors (Lipinski definition) is 2. The van der Waals surface area contributed by atoms with E-state index in [0.29, 0.717) is 19.5 Å². The van der Waals surface area contributed by atoms with Crippen LogP contribution in [-0.4, -0.2) is 24.9 Å². The number of carbonyl (C=O) groups excluding carboxylic acids is 2. The zero-order valence-corrected chi connectivity index (χ0v) is 11.0. The van der Waals surface area contributed by atoms with Crippen molar-refractivity contribution in [1.29, 1.82) is 0 Å². The van der Waals surface area contributed by atoms with Gasteiger partial charge in [-0.15, -0.1) is 0 Å². The van der Waals surface area contributed by atoms with Crippen LogP contribution in [0.4, 0.5) is 0 Å². The summed E-state index contributed by atoms with van der Waals surface area (Å²) >= 11 is 0. The Labute approximate surface area is 108 Å². The first kappa shape index (κ1) is 14.2. The number of hydrogen-bond acceptors (Lipinski definition) is 2. The molecule has 2 N–H and O–H groups in total. The normalized spacial score (nSPS) is 9.89. The molecular formula is C14H20N2O2. The van der Waals surface area contributed by atoms with Crippen molar-refractivity contribution in [3.63, 3.8) is 0 Å². The van der Waals surface area contributed by atoms with Crippen LogP contribution >= 0.6 is 0 Å². The Morgan fingerprint density at radius 1 is 1.06 bits per heavy atom. The minimum atomic E-state index is -0.0408. The first-order valence-electron chi connectivity index (χ1n) is 6.14. The molecule has 18 heavy (non-hydrogen) atoms. The molecular weight excluding hydrogens is 228 g/mol. The second-order valence-electron chi connectivity index (χ2n) is 4.35. The molecule has 0 radical (unpaired) electrons. The van der Waals surface area contributed by atoms with Crippen molar-refractivity contribution in [3.05, 3.63) is 35.4 Å². The van der Waals surface area contributed by atoms with E-state index in [1.807, 2.05) is 31.2 Å². The van der Waals surface area contributed by atoms with E-state index in [1.54, 1.807) is 0 Å². The maximum absolute atomic E-state index is 11.6. The summed E-state index contributed by atoms with van der Waals surface area (Å²) in [4.78, 5) is 22.2. The molecule has 4 nitrogen and oxygen atoms in total. The fourth-order valence-electron chi connectivity index (χ4n) is 1.53. The predicted molar refractivity (Wildman–Crippen MR) is 71.2 cm³/mol. The zero-order valence-electron chi connectivity index (χ0n) is 11.0. The van der Waals surface area contributed by atoms with Crippen molar-refractivity contribution < 1.29 is 9.59 Å². The van der Waals surface area contributed by atoms with Crippen molar-refractivity contribution in [3.8, 4) is 0 Å². The molecule has 1 aromatic carbocycles. The van der Waals surface area contributed by atoms with Crippen LogP contribution in [0.1, 0.15) is 24.5 Å². The van der Waals surface area contributed by atoms with Crippen LogP contribution in [0.5, 0.6) is 0 Å². The lowest BCUT2D eigenvalue weighted by Crippen LogP contribution is -2.29. The van der Waals surface area contributed by atoms with E-state index >= 15 is 0 Å². The Morgan fingerprint density at radius 3 is 2.28 bits per heavy atom. The van der Waals surface area contributed by atoms with Gasteiger partial charge in [0.05, 0.1) is 6.42 Å². The minimum absolute atomic E-state index is 0.0154. The molecule has 0 unspecified atom stereocenters. The summed E-state index contributed by atoms with van der Waals surface area (Å²) in [5.41, 5.74) is 2.20. The fourth-order valence-corrected chi connectivity index (χ4v) is 1.53. The van der Waals surface area contributed by atoms with E-state index in [9.17, 15) is 9.59 Å². The van der Waals surface area contributed by atoms with Gasteiger partial charge in [0.1, 0.15) is 0 Å². The Balaban J connectivity index is 2.17. The summed E-state index contributed by atoms with van der Waals surface area (Å²) in [5.74, 6) is -0.0253. The third kappa shape index (κ3) is 6.03. The Bertz CT molecular complexity index is 399. The molecule has 0 saturated heterocycles. The summed E-state index contributed by atoms with van der Waals surface area (Å²) in [6, 6.07) is 7.93. The van der Waals surface area contributed by atoms with Crippen molar-refractivity contribution in [2.45, 2.75) is 26.7 Å². The largest absolute Gasteiger partial charge is 0.356 e. The summed E-state index contributed by atoms with van der Waals surface area (Å²) in [7, 11) is 0. The molecule has 0 bridgehead atoms. The van der Waals surface area contributed by atoms with E-state index in [1.165, 1.54) is 12.5 Å². The van der Waals surface area contributed by atoms with Gasteiger partial charge in [-0.1, -0.05) is 29.8 Å². The monoisotopic (exact) mass is 248 g/mol. The molecule has 0 atom stereocenters. The van der Waals surface area contributed by atoms with Gasteiger partial charge in [0.25, 0.3) is 0 Å². The lowest BCUT2D eigenvalue weighted by Gasteiger charge is -2.06. The van der Waals surface area contributed by atoms with Crippen molar-refractivity contribution >= 4 is 11.8 Å². The minimum Gasteiger partial charge on any atom is -0.356 e.